The second-order valence-corrected chi connectivity index (χ2v) is 9.84. The van der Waals surface area contributed by atoms with Crippen LogP contribution < -0.4 is 10.5 Å². The highest BCUT2D eigenvalue weighted by Gasteiger charge is 2.33. The van der Waals surface area contributed by atoms with Gasteiger partial charge in [0, 0.05) is 24.4 Å². The van der Waals surface area contributed by atoms with Crippen molar-refractivity contribution in [3.63, 3.8) is 0 Å². The van der Waals surface area contributed by atoms with Crippen LogP contribution in [0, 0.1) is 0 Å². The summed E-state index contributed by atoms with van der Waals surface area (Å²) in [5, 5.41) is 0.720. The highest BCUT2D eigenvalue weighted by atomic mass is 32.1. The van der Waals surface area contributed by atoms with E-state index in [2.05, 4.69) is 42.0 Å². The Balaban J connectivity index is 1.52. The monoisotopic (exact) mass is 464 g/mol. The Morgan fingerprint density at radius 3 is 2.67 bits per heavy atom. The van der Waals surface area contributed by atoms with Crippen LogP contribution in [0.3, 0.4) is 0 Å². The second-order valence-electron chi connectivity index (χ2n) is 8.73. The summed E-state index contributed by atoms with van der Waals surface area (Å²) in [5.41, 5.74) is 8.23. The Hall–Kier alpha value is -3.26. The number of hydrogen-bond donors (Lipinski definition) is 1. The number of rotatable bonds is 7. The zero-order valence-electron chi connectivity index (χ0n) is 19.1. The molecule has 33 heavy (non-hydrogen) atoms. The molecule has 3 aromatic rings. The molecule has 1 saturated heterocycles. The van der Waals surface area contributed by atoms with Crippen LogP contribution in [0.5, 0.6) is 5.75 Å². The van der Waals surface area contributed by atoms with Gasteiger partial charge < -0.3 is 15.4 Å². The van der Waals surface area contributed by atoms with E-state index in [1.54, 1.807) is 18.2 Å². The molecule has 1 atom stereocenters. The first-order valence-electron chi connectivity index (χ1n) is 10.9. The van der Waals surface area contributed by atoms with Crippen molar-refractivity contribution in [3.8, 4) is 16.2 Å². The summed E-state index contributed by atoms with van der Waals surface area (Å²) in [6, 6.07) is 11.6. The molecule has 1 fully saturated rings. The number of carbonyl (C=O) groups excluding carboxylic acids is 2. The summed E-state index contributed by atoms with van der Waals surface area (Å²) in [6.07, 6.45) is 5.20. The number of methoxy groups -OCH3 is 1. The van der Waals surface area contributed by atoms with Gasteiger partial charge in [-0.3, -0.25) is 14.6 Å². The minimum atomic E-state index is -0.500. The third-order valence-electron chi connectivity index (χ3n) is 6.25. The van der Waals surface area contributed by atoms with Gasteiger partial charge in [0.05, 0.1) is 24.1 Å². The van der Waals surface area contributed by atoms with Crippen LogP contribution in [0.4, 0.5) is 0 Å². The summed E-state index contributed by atoms with van der Waals surface area (Å²) in [4.78, 5) is 36.0. The lowest BCUT2D eigenvalue weighted by Gasteiger charge is -2.25. The first-order chi connectivity index (χ1) is 15.8. The molecule has 0 aliphatic carbocycles. The number of thiazole rings is 1. The number of nitrogens with zero attached hydrogens (tertiary/aromatic N) is 3. The fraction of sp³-hybridized carbons (Fsp3) is 0.360. The van der Waals surface area contributed by atoms with Gasteiger partial charge in [0.1, 0.15) is 16.8 Å². The maximum Gasteiger partial charge on any atom is 0.240 e. The van der Waals surface area contributed by atoms with E-state index >= 15 is 0 Å². The number of hydrogen-bond acceptors (Lipinski definition) is 6. The minimum absolute atomic E-state index is 0.103. The van der Waals surface area contributed by atoms with Gasteiger partial charge in [0.25, 0.3) is 0 Å². The molecule has 0 spiro atoms. The summed E-state index contributed by atoms with van der Waals surface area (Å²) in [6.45, 7) is 4.85. The summed E-state index contributed by atoms with van der Waals surface area (Å²) in [5.74, 6) is 0.275. The lowest BCUT2D eigenvalue weighted by molar-refractivity contribution is -0.136. The van der Waals surface area contributed by atoms with Crippen LogP contribution >= 0.6 is 11.3 Å². The highest BCUT2D eigenvalue weighted by Crippen LogP contribution is 2.34. The van der Waals surface area contributed by atoms with Crippen molar-refractivity contribution in [2.75, 3.05) is 13.7 Å². The number of carbonyl (C=O) groups is 2. The van der Waals surface area contributed by atoms with E-state index in [0.29, 0.717) is 13.0 Å². The fourth-order valence-corrected chi connectivity index (χ4v) is 5.10. The lowest BCUT2D eigenvalue weighted by Crippen LogP contribution is -2.44. The molecule has 1 aromatic carbocycles. The number of likely N-dealkylation sites (tertiary alicyclic amines) is 1. The van der Waals surface area contributed by atoms with Gasteiger partial charge in [-0.25, -0.2) is 4.98 Å². The van der Waals surface area contributed by atoms with Crippen LogP contribution in [0.1, 0.15) is 43.0 Å². The van der Waals surface area contributed by atoms with E-state index in [0.717, 1.165) is 38.9 Å². The predicted molar refractivity (Wildman–Crippen MR) is 128 cm³/mol. The van der Waals surface area contributed by atoms with Crippen molar-refractivity contribution in [2.24, 2.45) is 5.73 Å². The van der Waals surface area contributed by atoms with E-state index in [4.69, 9.17) is 10.5 Å². The van der Waals surface area contributed by atoms with Gasteiger partial charge in [0.2, 0.25) is 11.8 Å². The maximum absolute atomic E-state index is 12.7. The largest absolute Gasteiger partial charge is 0.497 e. The topological polar surface area (TPSA) is 98.4 Å². The van der Waals surface area contributed by atoms with Crippen molar-refractivity contribution < 1.29 is 14.3 Å². The van der Waals surface area contributed by atoms with Crippen LogP contribution in [-0.2, 0) is 21.4 Å². The number of ether oxygens (including phenoxy) is 1. The maximum atomic E-state index is 12.7. The molecule has 1 aliphatic heterocycles. The molecule has 2 amide bonds. The van der Waals surface area contributed by atoms with Gasteiger partial charge in [-0.1, -0.05) is 26.0 Å². The molecule has 0 radical (unpaired) electrons. The molecule has 1 aliphatic rings. The molecule has 172 valence electrons. The second kappa shape index (κ2) is 9.31. The molecule has 3 heterocycles. The Bertz CT molecular complexity index is 1160. The van der Waals surface area contributed by atoms with Crippen molar-refractivity contribution in [3.05, 3.63) is 65.1 Å². The predicted octanol–water partition coefficient (Wildman–Crippen LogP) is 3.56. The number of benzene rings is 1. The summed E-state index contributed by atoms with van der Waals surface area (Å²) in [7, 11) is 1.66. The third kappa shape index (κ3) is 4.75. The van der Waals surface area contributed by atoms with Gasteiger partial charge >= 0.3 is 0 Å². The molecule has 0 bridgehead atoms. The summed E-state index contributed by atoms with van der Waals surface area (Å²) < 4.78 is 5.27. The van der Waals surface area contributed by atoms with Crippen molar-refractivity contribution in [1.82, 2.24) is 14.9 Å². The van der Waals surface area contributed by atoms with Crippen LogP contribution in [0.25, 0.3) is 10.4 Å². The average Bonchev–Trinajstić information content (AvgIpc) is 3.49. The van der Waals surface area contributed by atoms with Crippen molar-refractivity contribution in [2.45, 2.75) is 44.6 Å². The lowest BCUT2D eigenvalue weighted by atomic mass is 9.80. The van der Waals surface area contributed by atoms with Crippen molar-refractivity contribution in [1.29, 1.82) is 0 Å². The Morgan fingerprint density at radius 1 is 1.21 bits per heavy atom. The Kier molecular flexibility index (Phi) is 6.47. The van der Waals surface area contributed by atoms with E-state index < -0.39 is 11.9 Å². The van der Waals surface area contributed by atoms with Gasteiger partial charge in [-0.05, 0) is 48.2 Å². The van der Waals surface area contributed by atoms with Gasteiger partial charge in [-0.15, -0.1) is 11.3 Å². The molecule has 2 aromatic heterocycles. The normalized spacial score (nSPS) is 16.1. The number of aromatic nitrogens is 2. The molecule has 7 nitrogen and oxygen atoms in total. The first-order valence-corrected chi connectivity index (χ1v) is 11.8. The van der Waals surface area contributed by atoms with E-state index in [-0.39, 0.29) is 17.7 Å². The molecule has 2 N–H and O–H groups in total. The zero-order chi connectivity index (χ0) is 23.6. The van der Waals surface area contributed by atoms with Crippen LogP contribution in [0.15, 0.2) is 48.8 Å². The Morgan fingerprint density at radius 2 is 1.97 bits per heavy atom. The number of primary amides is 1. The van der Waals surface area contributed by atoms with Crippen molar-refractivity contribution >= 4 is 23.2 Å². The molecule has 0 saturated carbocycles. The SMILES string of the molecule is COc1ccc(C(C)(C)c2cc(-c3cnc(CC(=O)N4CCC[C@H]4C(N)=O)s3)ccn2)cc1. The third-order valence-corrected chi connectivity index (χ3v) is 7.30. The first kappa shape index (κ1) is 22.9. The standard InChI is InChI=1S/C25H28N4O3S/c1-25(2,17-6-8-18(32-3)9-7-17)21-13-16(10-11-27-21)20-15-28-22(33-20)14-23(30)29-12-4-5-19(29)24(26)31/h6-11,13,15,19H,4-5,12,14H2,1-3H3,(H2,26,31)/t19-/m0/s1. The smallest absolute Gasteiger partial charge is 0.240 e. The number of amides is 2. The molecule has 0 unspecified atom stereocenters. The van der Waals surface area contributed by atoms with Crippen LogP contribution in [0.2, 0.25) is 0 Å². The molecule has 4 rings (SSSR count). The number of pyridine rings is 1. The zero-order valence-corrected chi connectivity index (χ0v) is 19.9. The van der Waals surface area contributed by atoms with Gasteiger partial charge in [-0.2, -0.15) is 0 Å². The quantitative estimate of drug-likeness (QED) is 0.577. The molecule has 8 heteroatoms. The number of nitrogens with two attached hydrogens (primary N) is 1. The molecular formula is C25H28N4O3S. The van der Waals surface area contributed by atoms with Crippen LogP contribution in [-0.4, -0.2) is 46.4 Å². The van der Waals surface area contributed by atoms with E-state index in [1.165, 1.54) is 11.3 Å². The van der Waals surface area contributed by atoms with Gasteiger partial charge in [0.15, 0.2) is 0 Å². The van der Waals surface area contributed by atoms with E-state index in [9.17, 15) is 9.59 Å². The average molecular weight is 465 g/mol. The minimum Gasteiger partial charge on any atom is -0.497 e. The van der Waals surface area contributed by atoms with E-state index in [1.807, 2.05) is 24.4 Å². The Labute approximate surface area is 197 Å². The highest BCUT2D eigenvalue weighted by molar-refractivity contribution is 7.15. The summed E-state index contributed by atoms with van der Waals surface area (Å²) >= 11 is 1.48. The fourth-order valence-electron chi connectivity index (χ4n) is 4.20. The molecular weight excluding hydrogens is 436 g/mol.